The molecule has 3 aromatic rings. The summed E-state index contributed by atoms with van der Waals surface area (Å²) in [5.41, 5.74) is 0.665. The first-order chi connectivity index (χ1) is 12.5. The Balaban J connectivity index is 2.00. The summed E-state index contributed by atoms with van der Waals surface area (Å²) in [6, 6.07) is 8.39. The average Bonchev–Trinajstić information content (AvgIpc) is 2.64. The zero-order valence-corrected chi connectivity index (χ0v) is 13.3. The summed E-state index contributed by atoms with van der Waals surface area (Å²) in [7, 11) is 0. The number of rotatable bonds is 6. The van der Waals surface area contributed by atoms with Gasteiger partial charge in [0.25, 0.3) is 0 Å². The van der Waals surface area contributed by atoms with E-state index in [0.29, 0.717) is 11.3 Å². The van der Waals surface area contributed by atoms with Crippen LogP contribution in [-0.2, 0) is 4.79 Å². The van der Waals surface area contributed by atoms with Crippen LogP contribution < -0.4 is 10.6 Å². The van der Waals surface area contributed by atoms with Crippen LogP contribution in [0.3, 0.4) is 0 Å². The highest BCUT2D eigenvalue weighted by Gasteiger charge is 2.12. The number of carboxylic acids is 1. The third-order valence-corrected chi connectivity index (χ3v) is 3.30. The van der Waals surface area contributed by atoms with Gasteiger partial charge in [0.15, 0.2) is 0 Å². The predicted octanol–water partition coefficient (Wildman–Crippen LogP) is 3.06. The molecule has 0 atom stereocenters. The molecular weight excluding hydrogens is 344 g/mol. The number of para-hydroxylation sites is 1. The molecule has 0 unspecified atom stereocenters. The fourth-order valence-electron chi connectivity index (χ4n) is 2.15. The Morgan fingerprint density at radius 3 is 2.54 bits per heavy atom. The highest BCUT2D eigenvalue weighted by atomic mass is 19.1. The predicted molar refractivity (Wildman–Crippen MR) is 91.0 cm³/mol. The summed E-state index contributed by atoms with van der Waals surface area (Å²) in [5.74, 6) is -2.59. The van der Waals surface area contributed by atoms with Gasteiger partial charge in [0, 0.05) is 24.0 Å². The van der Waals surface area contributed by atoms with Crippen molar-refractivity contribution in [2.45, 2.75) is 0 Å². The lowest BCUT2D eigenvalue weighted by Crippen LogP contribution is -2.15. The summed E-state index contributed by atoms with van der Waals surface area (Å²) in [5, 5.41) is 13.9. The van der Waals surface area contributed by atoms with Crippen molar-refractivity contribution in [1.82, 2.24) is 15.0 Å². The summed E-state index contributed by atoms with van der Waals surface area (Å²) < 4.78 is 27.7. The lowest BCUT2D eigenvalue weighted by atomic mass is 10.2. The Bertz CT molecular complexity index is 917. The van der Waals surface area contributed by atoms with Crippen molar-refractivity contribution in [3.8, 4) is 11.3 Å². The molecule has 9 heteroatoms. The topological polar surface area (TPSA) is 100 Å². The van der Waals surface area contributed by atoms with Crippen molar-refractivity contribution in [3.63, 3.8) is 0 Å². The van der Waals surface area contributed by atoms with Gasteiger partial charge in [0.05, 0.1) is 5.69 Å². The van der Waals surface area contributed by atoms with E-state index in [-0.39, 0.29) is 17.5 Å². The number of carbonyl (C=O) groups is 1. The molecule has 0 radical (unpaired) electrons. The van der Waals surface area contributed by atoms with Gasteiger partial charge in [-0.25, -0.2) is 13.8 Å². The van der Waals surface area contributed by atoms with Crippen LogP contribution in [0.25, 0.3) is 11.3 Å². The molecule has 0 amide bonds. The van der Waals surface area contributed by atoms with Gasteiger partial charge < -0.3 is 15.7 Å². The first-order valence-electron chi connectivity index (χ1n) is 7.49. The lowest BCUT2D eigenvalue weighted by molar-refractivity contribution is -0.134. The second-order valence-corrected chi connectivity index (χ2v) is 5.17. The number of anilines is 3. The van der Waals surface area contributed by atoms with E-state index in [1.54, 1.807) is 24.5 Å². The molecule has 3 N–H and O–H groups in total. The van der Waals surface area contributed by atoms with Gasteiger partial charge in [-0.3, -0.25) is 9.78 Å². The highest BCUT2D eigenvalue weighted by molar-refractivity contribution is 5.73. The van der Waals surface area contributed by atoms with Crippen molar-refractivity contribution in [3.05, 3.63) is 60.4 Å². The smallest absolute Gasteiger partial charge is 0.322 e. The van der Waals surface area contributed by atoms with E-state index in [2.05, 4.69) is 25.6 Å². The zero-order chi connectivity index (χ0) is 18.5. The molecule has 0 aliphatic heterocycles. The number of hydrogen-bond acceptors (Lipinski definition) is 6. The molecule has 0 spiro atoms. The fraction of sp³-hybridized carbons (Fsp3) is 0.0588. The van der Waals surface area contributed by atoms with Crippen LogP contribution in [0.1, 0.15) is 0 Å². The van der Waals surface area contributed by atoms with Gasteiger partial charge >= 0.3 is 5.97 Å². The number of carboxylic acid groups (broad SMARTS) is 1. The summed E-state index contributed by atoms with van der Waals surface area (Å²) >= 11 is 0. The molecule has 132 valence electrons. The molecule has 26 heavy (non-hydrogen) atoms. The molecule has 0 saturated heterocycles. The van der Waals surface area contributed by atoms with Crippen LogP contribution in [0.5, 0.6) is 0 Å². The van der Waals surface area contributed by atoms with Gasteiger partial charge in [0.2, 0.25) is 5.95 Å². The summed E-state index contributed by atoms with van der Waals surface area (Å²) in [4.78, 5) is 23.0. The van der Waals surface area contributed by atoms with Crippen molar-refractivity contribution < 1.29 is 18.7 Å². The number of pyridine rings is 1. The van der Waals surface area contributed by atoms with Crippen LogP contribution in [0.4, 0.5) is 26.2 Å². The Morgan fingerprint density at radius 2 is 1.88 bits per heavy atom. The summed E-state index contributed by atoms with van der Waals surface area (Å²) in [6.07, 6.45) is 3.14. The molecule has 2 aromatic heterocycles. The van der Waals surface area contributed by atoms with E-state index in [1.165, 1.54) is 12.1 Å². The van der Waals surface area contributed by atoms with Gasteiger partial charge in [-0.2, -0.15) is 4.98 Å². The van der Waals surface area contributed by atoms with Crippen LogP contribution in [0, 0.1) is 11.6 Å². The van der Waals surface area contributed by atoms with E-state index in [4.69, 9.17) is 5.11 Å². The molecule has 0 aliphatic carbocycles. The minimum absolute atomic E-state index is 0.00648. The Hall–Kier alpha value is -3.62. The molecule has 0 bridgehead atoms. The molecule has 3 rings (SSSR count). The Labute approximate surface area is 146 Å². The molecule has 2 heterocycles. The van der Waals surface area contributed by atoms with Crippen LogP contribution >= 0.6 is 0 Å². The number of nitrogens with zero attached hydrogens (tertiary/aromatic N) is 3. The quantitative estimate of drug-likeness (QED) is 0.623. The minimum atomic E-state index is -1.10. The van der Waals surface area contributed by atoms with Crippen molar-refractivity contribution in [2.75, 3.05) is 17.2 Å². The third kappa shape index (κ3) is 4.07. The van der Waals surface area contributed by atoms with E-state index < -0.39 is 24.1 Å². The molecule has 0 saturated carbocycles. The molecule has 7 nitrogen and oxygen atoms in total. The SMILES string of the molecule is O=C(O)CNc1nc(Nc2c(F)cccc2F)cc(-c2cccnc2)n1. The number of hydrogen-bond donors (Lipinski definition) is 3. The van der Waals surface area contributed by atoms with Crippen molar-refractivity contribution >= 4 is 23.4 Å². The lowest BCUT2D eigenvalue weighted by Gasteiger charge is -2.11. The van der Waals surface area contributed by atoms with E-state index in [9.17, 15) is 13.6 Å². The van der Waals surface area contributed by atoms with Crippen molar-refractivity contribution in [2.24, 2.45) is 0 Å². The average molecular weight is 357 g/mol. The molecular formula is C17H13F2N5O2. The van der Waals surface area contributed by atoms with Gasteiger partial charge in [0.1, 0.15) is 29.7 Å². The van der Waals surface area contributed by atoms with Crippen LogP contribution in [0.15, 0.2) is 48.8 Å². The number of aromatic nitrogens is 3. The Kier molecular flexibility index (Phi) is 4.97. The maximum absolute atomic E-state index is 13.9. The number of nitrogens with one attached hydrogen (secondary N) is 2. The van der Waals surface area contributed by atoms with Gasteiger partial charge in [-0.15, -0.1) is 0 Å². The van der Waals surface area contributed by atoms with E-state index in [1.807, 2.05) is 0 Å². The minimum Gasteiger partial charge on any atom is -0.480 e. The van der Waals surface area contributed by atoms with Gasteiger partial charge in [-0.1, -0.05) is 6.07 Å². The van der Waals surface area contributed by atoms with E-state index >= 15 is 0 Å². The standard InChI is InChI=1S/C17H13F2N5O2/c18-11-4-1-5-12(19)16(11)23-14-7-13(10-3-2-6-20-8-10)22-17(24-14)21-9-15(25)26/h1-8H,9H2,(H,25,26)(H2,21,22,23,24). The monoisotopic (exact) mass is 357 g/mol. The molecule has 0 aliphatic rings. The zero-order valence-electron chi connectivity index (χ0n) is 13.3. The van der Waals surface area contributed by atoms with E-state index in [0.717, 1.165) is 12.1 Å². The maximum Gasteiger partial charge on any atom is 0.322 e. The Morgan fingerprint density at radius 1 is 1.12 bits per heavy atom. The van der Waals surface area contributed by atoms with Crippen LogP contribution in [0.2, 0.25) is 0 Å². The highest BCUT2D eigenvalue weighted by Crippen LogP contribution is 2.26. The van der Waals surface area contributed by atoms with Crippen molar-refractivity contribution in [1.29, 1.82) is 0 Å². The number of benzene rings is 1. The van der Waals surface area contributed by atoms with Gasteiger partial charge in [-0.05, 0) is 24.3 Å². The largest absolute Gasteiger partial charge is 0.480 e. The maximum atomic E-state index is 13.9. The normalized spacial score (nSPS) is 10.4. The molecule has 0 fully saturated rings. The number of aliphatic carboxylic acids is 1. The third-order valence-electron chi connectivity index (χ3n) is 3.30. The summed E-state index contributed by atoms with van der Waals surface area (Å²) in [6.45, 7) is -0.413. The fourth-order valence-corrected chi connectivity index (χ4v) is 2.15. The second-order valence-electron chi connectivity index (χ2n) is 5.17. The first kappa shape index (κ1) is 17.2. The first-order valence-corrected chi connectivity index (χ1v) is 7.49. The van der Waals surface area contributed by atoms with Crippen LogP contribution in [-0.4, -0.2) is 32.6 Å². The second kappa shape index (κ2) is 7.51. The molecule has 1 aromatic carbocycles. The number of halogens is 2.